The van der Waals surface area contributed by atoms with Crippen LogP contribution >= 0.6 is 23.1 Å². The van der Waals surface area contributed by atoms with Crippen LogP contribution in [0, 0.1) is 10.8 Å². The number of nitrogens with one attached hydrogen (secondary N) is 2. The van der Waals surface area contributed by atoms with E-state index in [0.29, 0.717) is 38.1 Å². The number of pyridine rings is 2. The topological polar surface area (TPSA) is 99.3 Å². The van der Waals surface area contributed by atoms with Gasteiger partial charge >= 0.3 is 12.4 Å². The second-order valence-electron chi connectivity index (χ2n) is 10.2. The molecule has 48 heavy (non-hydrogen) atoms. The van der Waals surface area contributed by atoms with Crippen LogP contribution in [0.2, 0.25) is 0 Å². The van der Waals surface area contributed by atoms with Crippen molar-refractivity contribution in [3.63, 3.8) is 0 Å². The number of aromatic nitrogens is 4. The molecular formula is C34H20F6N6S2. The number of rotatable bonds is 6. The molecule has 0 radical (unpaired) electrons. The van der Waals surface area contributed by atoms with E-state index in [4.69, 9.17) is 10.8 Å². The lowest BCUT2D eigenvalue weighted by Crippen LogP contribution is -2.06. The summed E-state index contributed by atoms with van der Waals surface area (Å²) in [5, 5.41) is 26.6. The third kappa shape index (κ3) is 7.34. The molecule has 3 heterocycles. The Morgan fingerprint density at radius 1 is 0.542 bits per heavy atom. The second-order valence-corrected chi connectivity index (χ2v) is 12.2. The zero-order chi connectivity index (χ0) is 34.1. The number of hydrogen-bond donors (Lipinski definition) is 2. The van der Waals surface area contributed by atoms with Crippen LogP contribution < -0.4 is 0 Å². The first-order chi connectivity index (χ1) is 22.8. The van der Waals surface area contributed by atoms with Crippen molar-refractivity contribution in [3.8, 4) is 43.8 Å². The van der Waals surface area contributed by atoms with Crippen LogP contribution in [0.4, 0.5) is 26.3 Å². The summed E-state index contributed by atoms with van der Waals surface area (Å²) in [6.45, 7) is 0. The molecule has 0 aliphatic carbocycles. The summed E-state index contributed by atoms with van der Waals surface area (Å²) in [6, 6.07) is 26.3. The maximum atomic E-state index is 13.2. The number of halogens is 6. The number of nitrogens with zero attached hydrogens (tertiary/aromatic N) is 4. The van der Waals surface area contributed by atoms with Gasteiger partial charge in [-0.2, -0.15) is 26.3 Å². The van der Waals surface area contributed by atoms with Crippen molar-refractivity contribution in [2.24, 2.45) is 0 Å². The van der Waals surface area contributed by atoms with Crippen molar-refractivity contribution in [2.75, 3.05) is 0 Å². The van der Waals surface area contributed by atoms with Crippen LogP contribution in [-0.2, 0) is 12.4 Å². The monoisotopic (exact) mass is 690 g/mol. The smallest absolute Gasteiger partial charge is 0.293 e. The van der Waals surface area contributed by atoms with Crippen LogP contribution in [-0.4, -0.2) is 30.3 Å². The molecule has 0 aliphatic heterocycles. The van der Waals surface area contributed by atoms with Gasteiger partial charge in [-0.05, 0) is 66.4 Å². The van der Waals surface area contributed by atoms with Crippen molar-refractivity contribution < 1.29 is 26.3 Å². The molecule has 0 saturated carbocycles. The Kier molecular flexibility index (Phi) is 8.95. The molecule has 0 saturated heterocycles. The molecule has 0 aliphatic rings. The average Bonchev–Trinajstić information content (AvgIpc) is 3.59. The molecule has 3 aromatic heterocycles. The van der Waals surface area contributed by atoms with Crippen LogP contribution in [0.1, 0.15) is 22.4 Å². The Morgan fingerprint density at radius 3 is 1.71 bits per heavy atom. The number of alkyl halides is 6. The van der Waals surface area contributed by atoms with E-state index in [1.807, 2.05) is 0 Å². The van der Waals surface area contributed by atoms with Crippen molar-refractivity contribution in [3.05, 3.63) is 132 Å². The van der Waals surface area contributed by atoms with Gasteiger partial charge in [-0.3, -0.25) is 10.8 Å². The van der Waals surface area contributed by atoms with Gasteiger partial charge in [0.1, 0.15) is 20.8 Å². The van der Waals surface area contributed by atoms with Gasteiger partial charge in [0, 0.05) is 22.3 Å². The third-order valence-corrected chi connectivity index (χ3v) is 8.77. The van der Waals surface area contributed by atoms with Crippen molar-refractivity contribution in [1.29, 1.82) is 10.8 Å². The zero-order valence-corrected chi connectivity index (χ0v) is 25.9. The van der Waals surface area contributed by atoms with Gasteiger partial charge in [-0.1, -0.05) is 65.9 Å². The molecule has 6 rings (SSSR count). The highest BCUT2D eigenvalue weighted by molar-refractivity contribution is 8.27. The number of thioether (sulfide) groups is 1. The molecular weight excluding hydrogens is 671 g/mol. The molecule has 3 aromatic carbocycles. The normalized spacial score (nSPS) is 11.8. The fourth-order valence-electron chi connectivity index (χ4n) is 4.60. The van der Waals surface area contributed by atoms with Crippen LogP contribution in [0.15, 0.2) is 109 Å². The SMILES string of the molecule is N=C(SC(=N)c1cccc(-c2cccc(C(F)(F)F)c2)n1)c1cccc(-c2nnc(-c3cccc(-c4cccc(C(F)(F)F)c4)n3)s2)c1. The minimum absolute atomic E-state index is 0.0355. The van der Waals surface area contributed by atoms with Gasteiger partial charge in [0.05, 0.1) is 28.2 Å². The Labute approximate surface area is 277 Å². The van der Waals surface area contributed by atoms with E-state index in [1.165, 1.54) is 29.5 Å². The van der Waals surface area contributed by atoms with Gasteiger partial charge in [-0.25, -0.2) is 9.97 Å². The highest BCUT2D eigenvalue weighted by Gasteiger charge is 2.31. The predicted molar refractivity (Wildman–Crippen MR) is 175 cm³/mol. The molecule has 6 nitrogen and oxygen atoms in total. The largest absolute Gasteiger partial charge is 0.416 e. The second kappa shape index (κ2) is 13.1. The first-order valence-electron chi connectivity index (χ1n) is 13.9. The highest BCUT2D eigenvalue weighted by atomic mass is 32.2. The van der Waals surface area contributed by atoms with Crippen LogP contribution in [0.25, 0.3) is 43.8 Å². The number of hydrogen-bond acceptors (Lipinski definition) is 8. The summed E-state index contributed by atoms with van der Waals surface area (Å²) in [7, 11) is 0. The first-order valence-corrected chi connectivity index (χ1v) is 15.6. The van der Waals surface area contributed by atoms with Crippen molar-refractivity contribution in [1.82, 2.24) is 20.2 Å². The van der Waals surface area contributed by atoms with E-state index in [-0.39, 0.29) is 27.0 Å². The lowest BCUT2D eigenvalue weighted by Gasteiger charge is -2.10. The fraction of sp³-hybridized carbons (Fsp3) is 0.0588. The number of benzene rings is 3. The fourth-order valence-corrected chi connectivity index (χ4v) is 6.07. The molecule has 0 atom stereocenters. The molecule has 0 unspecified atom stereocenters. The Bertz CT molecular complexity index is 2160. The van der Waals surface area contributed by atoms with E-state index in [1.54, 1.807) is 66.7 Å². The van der Waals surface area contributed by atoms with Gasteiger partial charge in [0.15, 0.2) is 5.01 Å². The van der Waals surface area contributed by atoms with Crippen LogP contribution in [0.3, 0.4) is 0 Å². The molecule has 240 valence electrons. The quantitative estimate of drug-likeness (QED) is 0.103. The molecule has 0 fully saturated rings. The molecule has 0 spiro atoms. The molecule has 14 heteroatoms. The Morgan fingerprint density at radius 2 is 1.06 bits per heavy atom. The minimum Gasteiger partial charge on any atom is -0.293 e. The standard InChI is InChI=1S/C34H20F6N6S2/c35-33(36,37)23-10-2-6-19(17-23)25-12-4-14-27(43-25)30(42)47-29(41)21-8-1-9-22(16-21)31-45-46-32(48-31)28-15-5-13-26(44-28)20-7-3-11-24(18-20)34(38,39)40/h1-18,41-42H. The van der Waals surface area contributed by atoms with Gasteiger partial charge in [0.25, 0.3) is 0 Å². The average molecular weight is 691 g/mol. The molecule has 0 amide bonds. The van der Waals surface area contributed by atoms with Gasteiger partial charge in [0.2, 0.25) is 0 Å². The zero-order valence-electron chi connectivity index (χ0n) is 24.3. The van der Waals surface area contributed by atoms with Crippen LogP contribution in [0.5, 0.6) is 0 Å². The summed E-state index contributed by atoms with van der Waals surface area (Å²) in [6.07, 6.45) is -8.99. The molecule has 6 aromatic rings. The summed E-state index contributed by atoms with van der Waals surface area (Å²) < 4.78 is 79.3. The summed E-state index contributed by atoms with van der Waals surface area (Å²) in [5.74, 6) is 0. The Hall–Kier alpha value is -5.21. The maximum Gasteiger partial charge on any atom is 0.416 e. The summed E-state index contributed by atoms with van der Waals surface area (Å²) in [4.78, 5) is 8.88. The van der Waals surface area contributed by atoms with Crippen molar-refractivity contribution in [2.45, 2.75) is 12.4 Å². The highest BCUT2D eigenvalue weighted by Crippen LogP contribution is 2.35. The molecule has 0 bridgehead atoms. The van der Waals surface area contributed by atoms with Gasteiger partial charge < -0.3 is 0 Å². The van der Waals surface area contributed by atoms with E-state index in [2.05, 4.69) is 20.2 Å². The van der Waals surface area contributed by atoms with E-state index < -0.39 is 23.5 Å². The minimum atomic E-state index is -4.51. The summed E-state index contributed by atoms with van der Waals surface area (Å²) >= 11 is 2.05. The predicted octanol–water partition coefficient (Wildman–Crippen LogP) is 10.1. The maximum absolute atomic E-state index is 13.2. The van der Waals surface area contributed by atoms with Crippen molar-refractivity contribution >= 4 is 33.2 Å². The Balaban J connectivity index is 1.18. The van der Waals surface area contributed by atoms with E-state index in [9.17, 15) is 26.3 Å². The third-order valence-electron chi connectivity index (χ3n) is 6.92. The molecule has 2 N–H and O–H groups in total. The lowest BCUT2D eigenvalue weighted by molar-refractivity contribution is -0.138. The lowest BCUT2D eigenvalue weighted by atomic mass is 10.1. The van der Waals surface area contributed by atoms with Gasteiger partial charge in [-0.15, -0.1) is 10.2 Å². The summed E-state index contributed by atoms with van der Waals surface area (Å²) in [5.41, 5.74) is 1.35. The van der Waals surface area contributed by atoms with E-state index >= 15 is 0 Å². The van der Waals surface area contributed by atoms with E-state index in [0.717, 1.165) is 36.0 Å². The first kappa shape index (κ1) is 32.7.